The van der Waals surface area contributed by atoms with Crippen molar-refractivity contribution in [2.24, 2.45) is 4.99 Å². The van der Waals surface area contributed by atoms with Crippen LogP contribution in [0.3, 0.4) is 0 Å². The normalized spacial score (nSPS) is 18.6. The van der Waals surface area contributed by atoms with Crippen LogP contribution in [0.25, 0.3) is 0 Å². The molecule has 93 valence electrons. The second kappa shape index (κ2) is 6.48. The summed E-state index contributed by atoms with van der Waals surface area (Å²) < 4.78 is 0. The maximum Gasteiger partial charge on any atom is 3.00 e. The zero-order valence-electron chi connectivity index (χ0n) is 9.29. The number of aliphatic imine (C=N–C) groups is 1. The maximum absolute atomic E-state index is 11.1. The molecule has 0 heterocycles. The van der Waals surface area contributed by atoms with Crippen LogP contribution in [0.2, 0.25) is 0 Å². The van der Waals surface area contributed by atoms with E-state index in [1.807, 2.05) is 24.3 Å². The van der Waals surface area contributed by atoms with Crippen LogP contribution in [0.1, 0.15) is 0 Å². The Morgan fingerprint density at radius 3 is 2.50 bits per heavy atom. The molecule has 0 fully saturated rings. The zero-order chi connectivity index (χ0) is 12.3. The van der Waals surface area contributed by atoms with Gasteiger partial charge in [-0.25, -0.2) is 10.1 Å². The molecule has 1 aliphatic carbocycles. The van der Waals surface area contributed by atoms with E-state index < -0.39 is 5.95 Å². The Balaban J connectivity index is 0.00000162. The van der Waals surface area contributed by atoms with Crippen LogP contribution in [0.4, 0.5) is 5.69 Å². The molecule has 0 aliphatic heterocycles. The molecule has 1 aliphatic rings. The zero-order valence-corrected chi connectivity index (χ0v) is 11.3. The molecule has 3 nitrogen and oxygen atoms in total. The summed E-state index contributed by atoms with van der Waals surface area (Å²) in [5.41, 5.74) is 1.55. The molecule has 1 radical (unpaired) electrons. The monoisotopic (exact) mass is 304 g/mol. The van der Waals surface area contributed by atoms with Crippen LogP contribution in [0.15, 0.2) is 70.0 Å². The van der Waals surface area contributed by atoms with Crippen LogP contribution in [-0.4, -0.2) is 10.8 Å². The first-order valence-corrected chi connectivity index (χ1v) is 5.56. The van der Waals surface area contributed by atoms with Gasteiger partial charge in [0.1, 0.15) is 5.69 Å². The summed E-state index contributed by atoms with van der Waals surface area (Å²) in [5.74, 6) is -0.726. The maximum atomic E-state index is 11.1. The van der Waals surface area contributed by atoms with Gasteiger partial charge < -0.3 is 5.11 Å². The van der Waals surface area contributed by atoms with E-state index in [2.05, 4.69) is 17.6 Å². The summed E-state index contributed by atoms with van der Waals surface area (Å²) in [6, 6.07) is 7.48. The second-order valence-electron chi connectivity index (χ2n) is 3.48. The summed E-state index contributed by atoms with van der Waals surface area (Å²) in [7, 11) is 0. The number of hydrogen-bond donors (Lipinski definition) is 0. The third-order valence-electron chi connectivity index (χ3n) is 2.29. The molecule has 0 saturated carbocycles. The average molecular weight is 305 g/mol. The Kier molecular flexibility index (Phi) is 5.26. The molecule has 0 unspecified atom stereocenters. The van der Waals surface area contributed by atoms with Crippen molar-refractivity contribution < 1.29 is 26.7 Å². The Labute approximate surface area is 121 Å². The fourth-order valence-corrected chi connectivity index (χ4v) is 1.70. The minimum absolute atomic E-state index is 0. The van der Waals surface area contributed by atoms with Crippen molar-refractivity contribution in [2.75, 3.05) is 0 Å². The molecule has 18 heavy (non-hydrogen) atoms. The molecule has 0 aromatic heterocycles. The number of hydrogen-bond acceptors (Lipinski definition) is 2. The van der Waals surface area contributed by atoms with E-state index in [1.165, 1.54) is 0 Å². The smallest absolute Gasteiger partial charge is 0.615 e. The Morgan fingerprint density at radius 2 is 1.83 bits per heavy atom. The van der Waals surface area contributed by atoms with Gasteiger partial charge in [0.2, 0.25) is 0 Å². The van der Waals surface area contributed by atoms with Gasteiger partial charge in [-0.1, -0.05) is 24.3 Å². The van der Waals surface area contributed by atoms with E-state index in [4.69, 9.17) is 5.11 Å². The molecule has 1 aromatic rings. The fraction of sp³-hybridized carbons (Fsp3) is 0. The quantitative estimate of drug-likeness (QED) is 0.425. The minimum Gasteiger partial charge on any atom is -0.615 e. The van der Waals surface area contributed by atoms with Crippen molar-refractivity contribution in [3.8, 4) is 0 Å². The first kappa shape index (κ1) is 14.6. The van der Waals surface area contributed by atoms with E-state index in [-0.39, 0.29) is 16.5 Å². The average Bonchev–Trinajstić information content (AvgIpc) is 2.32. The largest absolute Gasteiger partial charge is 3.00 e. The number of para-hydroxylation sites is 1. The summed E-state index contributed by atoms with van der Waals surface area (Å²) >= 11 is 3.44. The van der Waals surface area contributed by atoms with Crippen LogP contribution in [0.5, 0.6) is 0 Å². The number of rotatable bonds is 1. The van der Waals surface area contributed by atoms with E-state index in [0.717, 1.165) is 10.6 Å². The van der Waals surface area contributed by atoms with E-state index >= 15 is 0 Å². The van der Waals surface area contributed by atoms with E-state index in [1.54, 1.807) is 24.3 Å². The standard InChI is InChI=1S/C13H11NO2S.Ni/c15-13(16)9-5-1-2-6-10(9)14-11-7-3-4-8-12(11)17;/h1-8,15-17H;/q;+3/p+1. The molecular formula is C13H12NNiO2S+4. The van der Waals surface area contributed by atoms with Crippen molar-refractivity contribution in [2.45, 2.75) is 4.90 Å². The first-order chi connectivity index (χ1) is 8.18. The summed E-state index contributed by atoms with van der Waals surface area (Å²) in [6.45, 7) is 0. The molecule has 1 aromatic carbocycles. The molecule has 0 amide bonds. The van der Waals surface area contributed by atoms with Gasteiger partial charge >= 0.3 is 22.4 Å². The number of benzene rings is 1. The first-order valence-electron chi connectivity index (χ1n) is 5.06. The second-order valence-corrected chi connectivity index (χ2v) is 4.01. The van der Waals surface area contributed by atoms with E-state index in [9.17, 15) is 5.11 Å². The van der Waals surface area contributed by atoms with Gasteiger partial charge in [0.05, 0.1) is 11.3 Å². The van der Waals surface area contributed by atoms with Crippen molar-refractivity contribution in [3.63, 3.8) is 0 Å². The van der Waals surface area contributed by atoms with Gasteiger partial charge in [0.25, 0.3) is 0 Å². The topological polar surface area (TPSA) is 58.3 Å². The Morgan fingerprint density at radius 1 is 1.17 bits per heavy atom. The van der Waals surface area contributed by atoms with Gasteiger partial charge in [-0.2, -0.15) is 0 Å². The molecule has 0 saturated heterocycles. The van der Waals surface area contributed by atoms with Crippen molar-refractivity contribution in [1.82, 2.24) is 0 Å². The molecule has 0 spiro atoms. The SMILES string of the molecule is [Ni+3].[O-]/C([OH2+])=C1/C=CC=CC1=Nc1ccccc1[SH2+]. The van der Waals surface area contributed by atoms with Crippen molar-refractivity contribution in [3.05, 3.63) is 60.1 Å². The minimum atomic E-state index is -0.726. The third kappa shape index (κ3) is 3.28. The van der Waals surface area contributed by atoms with Crippen LogP contribution in [0, 0.1) is 0 Å². The van der Waals surface area contributed by atoms with Crippen LogP contribution >= 0.6 is 0 Å². The fourth-order valence-electron chi connectivity index (χ4n) is 1.46. The summed E-state index contributed by atoms with van der Waals surface area (Å²) in [4.78, 5) is 5.22. The molecule has 2 rings (SSSR count). The van der Waals surface area contributed by atoms with Crippen molar-refractivity contribution >= 4 is 24.0 Å². The number of allylic oxidation sites excluding steroid dienone is 5. The van der Waals surface area contributed by atoms with Crippen LogP contribution in [-0.2, 0) is 29.1 Å². The van der Waals surface area contributed by atoms with Gasteiger partial charge in [0.15, 0.2) is 4.90 Å². The summed E-state index contributed by atoms with van der Waals surface area (Å²) in [6.07, 6.45) is 6.84. The molecule has 5 heteroatoms. The molecule has 0 atom stereocenters. The molecule has 0 bridgehead atoms. The summed E-state index contributed by atoms with van der Waals surface area (Å²) in [5, 5.41) is 18.3. The van der Waals surface area contributed by atoms with Crippen LogP contribution < -0.4 is 5.11 Å². The third-order valence-corrected chi connectivity index (χ3v) is 2.72. The van der Waals surface area contributed by atoms with Gasteiger partial charge in [-0.3, -0.25) is 0 Å². The van der Waals surface area contributed by atoms with Gasteiger partial charge in [-0.15, -0.1) is 0 Å². The predicted molar refractivity (Wildman–Crippen MR) is 70.9 cm³/mol. The van der Waals surface area contributed by atoms with Gasteiger partial charge in [0, 0.05) is 0 Å². The predicted octanol–water partition coefficient (Wildman–Crippen LogP) is 0.550. The van der Waals surface area contributed by atoms with Crippen molar-refractivity contribution in [1.29, 1.82) is 0 Å². The molecule has 2 N–H and O–H groups in total. The van der Waals surface area contributed by atoms with E-state index in [0.29, 0.717) is 11.3 Å². The number of nitrogens with zero attached hydrogens (tertiary/aromatic N) is 1. The molecular weight excluding hydrogens is 293 g/mol. The Hall–Kier alpha value is -1.45. The van der Waals surface area contributed by atoms with Gasteiger partial charge in [-0.05, 0) is 36.9 Å². The Bertz CT molecular complexity index is 558.